The van der Waals surface area contributed by atoms with Crippen LogP contribution in [0.3, 0.4) is 0 Å². The van der Waals surface area contributed by atoms with Gasteiger partial charge in [0.1, 0.15) is 0 Å². The van der Waals surface area contributed by atoms with Crippen molar-refractivity contribution in [2.75, 3.05) is 0 Å². The number of hydrogen-bond donors (Lipinski definition) is 2. The van der Waals surface area contributed by atoms with Gasteiger partial charge in [0.2, 0.25) is 0 Å². The van der Waals surface area contributed by atoms with Gasteiger partial charge in [-0.2, -0.15) is 5.10 Å². The Balaban J connectivity index is 2.25. The minimum atomic E-state index is -0.846. The van der Waals surface area contributed by atoms with E-state index in [1.807, 2.05) is 0 Å². The summed E-state index contributed by atoms with van der Waals surface area (Å²) in [4.78, 5) is 12.2. The smallest absolute Gasteiger partial charge is 0.408 e. The standard InChI is InChI=1S/C7H11N3O2/c8-9-5-3-4-1-2-6(5)10(4)7(11)12/h4,6H,1-3,8H2,(H,11,12)/t4-,6+/m1/s1. The van der Waals surface area contributed by atoms with Crippen LogP contribution in [0.5, 0.6) is 0 Å². The molecule has 5 heteroatoms. The highest BCUT2D eigenvalue weighted by Gasteiger charge is 2.46. The van der Waals surface area contributed by atoms with Crippen LogP contribution in [0.1, 0.15) is 19.3 Å². The highest BCUT2D eigenvalue weighted by molar-refractivity contribution is 5.96. The first kappa shape index (κ1) is 7.39. The topological polar surface area (TPSA) is 78.9 Å². The van der Waals surface area contributed by atoms with Gasteiger partial charge in [-0.25, -0.2) is 4.79 Å². The lowest BCUT2D eigenvalue weighted by Gasteiger charge is -2.16. The molecule has 3 N–H and O–H groups in total. The maximum absolute atomic E-state index is 10.8. The number of fused-ring (bicyclic) bond motifs is 2. The van der Waals surface area contributed by atoms with Crippen molar-refractivity contribution in [3.8, 4) is 0 Å². The SMILES string of the molecule is NN=C1C[C@H]2CC[C@@H]1N2C(=O)O. The molecular formula is C7H11N3O2. The number of rotatable bonds is 0. The fourth-order valence-corrected chi connectivity index (χ4v) is 2.22. The first-order chi connectivity index (χ1) is 5.74. The molecule has 0 aliphatic carbocycles. The molecule has 2 rings (SSSR count). The van der Waals surface area contributed by atoms with E-state index >= 15 is 0 Å². The Kier molecular flexibility index (Phi) is 1.46. The third-order valence-corrected chi connectivity index (χ3v) is 2.72. The van der Waals surface area contributed by atoms with Crippen molar-refractivity contribution in [2.24, 2.45) is 10.9 Å². The summed E-state index contributed by atoms with van der Waals surface area (Å²) < 4.78 is 0. The maximum Gasteiger partial charge on any atom is 0.408 e. The number of nitrogens with two attached hydrogens (primary N) is 1. The van der Waals surface area contributed by atoms with Gasteiger partial charge in [0.05, 0.1) is 11.8 Å². The third-order valence-electron chi connectivity index (χ3n) is 2.72. The lowest BCUT2D eigenvalue weighted by molar-refractivity contribution is 0.141. The van der Waals surface area contributed by atoms with E-state index in [9.17, 15) is 4.79 Å². The monoisotopic (exact) mass is 169 g/mol. The Hall–Kier alpha value is -1.26. The van der Waals surface area contributed by atoms with Gasteiger partial charge < -0.3 is 10.9 Å². The molecule has 0 aromatic carbocycles. The van der Waals surface area contributed by atoms with Gasteiger partial charge in [-0.1, -0.05) is 0 Å². The van der Waals surface area contributed by atoms with E-state index in [4.69, 9.17) is 10.9 Å². The summed E-state index contributed by atoms with van der Waals surface area (Å²) in [5, 5.41) is 12.5. The van der Waals surface area contributed by atoms with Crippen molar-refractivity contribution < 1.29 is 9.90 Å². The van der Waals surface area contributed by atoms with Crippen molar-refractivity contribution in [2.45, 2.75) is 31.3 Å². The molecule has 2 saturated heterocycles. The van der Waals surface area contributed by atoms with E-state index in [1.54, 1.807) is 0 Å². The molecule has 2 aliphatic rings. The molecule has 0 radical (unpaired) electrons. The van der Waals surface area contributed by atoms with Gasteiger partial charge in [-0.05, 0) is 12.8 Å². The average molecular weight is 169 g/mol. The third kappa shape index (κ3) is 0.790. The summed E-state index contributed by atoms with van der Waals surface area (Å²) in [5.74, 6) is 5.15. The number of nitrogens with zero attached hydrogens (tertiary/aromatic N) is 2. The maximum atomic E-state index is 10.8. The highest BCUT2D eigenvalue weighted by Crippen LogP contribution is 2.35. The van der Waals surface area contributed by atoms with Crippen molar-refractivity contribution in [1.82, 2.24) is 4.90 Å². The molecule has 0 spiro atoms. The molecule has 2 atom stereocenters. The summed E-state index contributed by atoms with van der Waals surface area (Å²) in [6, 6.07) is 0.104. The second kappa shape index (κ2) is 2.36. The first-order valence-electron chi connectivity index (χ1n) is 4.02. The summed E-state index contributed by atoms with van der Waals surface area (Å²) >= 11 is 0. The number of carbonyl (C=O) groups is 1. The lowest BCUT2D eigenvalue weighted by Crippen LogP contribution is -2.35. The second-order valence-corrected chi connectivity index (χ2v) is 3.26. The number of hydrazone groups is 1. The van der Waals surface area contributed by atoms with Gasteiger partial charge in [0.15, 0.2) is 0 Å². The lowest BCUT2D eigenvalue weighted by atomic mass is 9.99. The molecule has 66 valence electrons. The average Bonchev–Trinajstić information content (AvgIpc) is 2.59. The fourth-order valence-electron chi connectivity index (χ4n) is 2.22. The molecule has 1 amide bonds. The molecule has 0 aromatic heterocycles. The predicted octanol–water partition coefficient (Wildman–Crippen LogP) is 0.216. The zero-order valence-corrected chi connectivity index (χ0v) is 6.60. The van der Waals surface area contributed by atoms with Crippen LogP contribution in [0, 0.1) is 0 Å². The van der Waals surface area contributed by atoms with E-state index in [1.165, 1.54) is 4.90 Å². The quantitative estimate of drug-likeness (QED) is 0.402. The molecule has 0 aromatic rings. The van der Waals surface area contributed by atoms with Crippen LogP contribution in [0.25, 0.3) is 0 Å². The van der Waals surface area contributed by atoms with Crippen LogP contribution in [-0.4, -0.2) is 33.9 Å². The first-order valence-corrected chi connectivity index (χ1v) is 4.02. The zero-order chi connectivity index (χ0) is 8.72. The van der Waals surface area contributed by atoms with Crippen molar-refractivity contribution >= 4 is 11.8 Å². The van der Waals surface area contributed by atoms with E-state index in [0.717, 1.165) is 25.0 Å². The van der Waals surface area contributed by atoms with Crippen LogP contribution in [0.15, 0.2) is 5.10 Å². The summed E-state index contributed by atoms with van der Waals surface area (Å²) in [5.41, 5.74) is 0.841. The molecule has 0 unspecified atom stereocenters. The normalized spacial score (nSPS) is 36.3. The fraction of sp³-hybridized carbons (Fsp3) is 0.714. The summed E-state index contributed by atoms with van der Waals surface area (Å²) in [6.45, 7) is 0. The predicted molar refractivity (Wildman–Crippen MR) is 42.9 cm³/mol. The molecule has 12 heavy (non-hydrogen) atoms. The number of amides is 1. The Morgan fingerprint density at radius 1 is 1.67 bits per heavy atom. The minimum Gasteiger partial charge on any atom is -0.465 e. The number of hydrogen-bond acceptors (Lipinski definition) is 3. The van der Waals surface area contributed by atoms with Crippen LogP contribution < -0.4 is 5.84 Å². The van der Waals surface area contributed by atoms with E-state index in [-0.39, 0.29) is 12.1 Å². The van der Waals surface area contributed by atoms with Crippen LogP contribution >= 0.6 is 0 Å². The second-order valence-electron chi connectivity index (χ2n) is 3.26. The Bertz CT molecular complexity index is 251. The molecule has 2 aliphatic heterocycles. The number of carboxylic acid groups (broad SMARTS) is 1. The minimum absolute atomic E-state index is 0.0301. The van der Waals surface area contributed by atoms with Crippen molar-refractivity contribution in [3.63, 3.8) is 0 Å². The molecule has 2 fully saturated rings. The summed E-state index contributed by atoms with van der Waals surface area (Å²) in [7, 11) is 0. The van der Waals surface area contributed by atoms with Crippen LogP contribution in [0.4, 0.5) is 4.79 Å². The largest absolute Gasteiger partial charge is 0.465 e. The van der Waals surface area contributed by atoms with Gasteiger partial charge in [0, 0.05) is 12.5 Å². The Morgan fingerprint density at radius 3 is 2.83 bits per heavy atom. The Labute approximate surface area is 69.8 Å². The van der Waals surface area contributed by atoms with Gasteiger partial charge in [-0.3, -0.25) is 4.90 Å². The molecule has 0 saturated carbocycles. The zero-order valence-electron chi connectivity index (χ0n) is 6.60. The van der Waals surface area contributed by atoms with Gasteiger partial charge in [0.25, 0.3) is 0 Å². The van der Waals surface area contributed by atoms with E-state index in [2.05, 4.69) is 5.10 Å². The molecule has 2 heterocycles. The molecular weight excluding hydrogens is 158 g/mol. The van der Waals surface area contributed by atoms with Crippen LogP contribution in [0.2, 0.25) is 0 Å². The van der Waals surface area contributed by atoms with Crippen molar-refractivity contribution in [1.29, 1.82) is 0 Å². The van der Waals surface area contributed by atoms with Gasteiger partial charge >= 0.3 is 6.09 Å². The van der Waals surface area contributed by atoms with E-state index < -0.39 is 6.09 Å². The molecule has 5 nitrogen and oxygen atoms in total. The molecule has 2 bridgehead atoms. The summed E-state index contributed by atoms with van der Waals surface area (Å²) in [6.07, 6.45) is 1.72. The Morgan fingerprint density at radius 2 is 2.42 bits per heavy atom. The van der Waals surface area contributed by atoms with Crippen molar-refractivity contribution in [3.05, 3.63) is 0 Å². The highest BCUT2D eigenvalue weighted by atomic mass is 16.4. The van der Waals surface area contributed by atoms with Gasteiger partial charge in [-0.15, -0.1) is 0 Å². The van der Waals surface area contributed by atoms with Crippen LogP contribution in [-0.2, 0) is 0 Å². The van der Waals surface area contributed by atoms with E-state index in [0.29, 0.717) is 0 Å².